The molecular formula is C26H18O6. The average molecular weight is 426 g/mol. The van der Waals surface area contributed by atoms with Gasteiger partial charge in [0.2, 0.25) is 0 Å². The van der Waals surface area contributed by atoms with Crippen molar-refractivity contribution in [1.29, 1.82) is 0 Å². The Kier molecular flexibility index (Phi) is 5.85. The zero-order valence-corrected chi connectivity index (χ0v) is 16.8. The van der Waals surface area contributed by atoms with Crippen LogP contribution in [0.3, 0.4) is 0 Å². The molecule has 0 saturated carbocycles. The van der Waals surface area contributed by atoms with E-state index in [1.54, 1.807) is 60.7 Å². The summed E-state index contributed by atoms with van der Waals surface area (Å²) in [5.41, 5.74) is 2.05. The van der Waals surface area contributed by atoms with E-state index in [4.69, 9.17) is 9.47 Å². The zero-order chi connectivity index (χ0) is 22.5. The highest BCUT2D eigenvalue weighted by atomic mass is 16.5. The average Bonchev–Trinajstić information content (AvgIpc) is 2.81. The van der Waals surface area contributed by atoms with E-state index in [1.807, 2.05) is 24.3 Å². The molecule has 0 aliphatic rings. The normalized spacial score (nSPS) is 10.4. The van der Waals surface area contributed by atoms with Crippen LogP contribution in [0.4, 0.5) is 0 Å². The van der Waals surface area contributed by atoms with Gasteiger partial charge in [0.05, 0.1) is 0 Å². The van der Waals surface area contributed by atoms with Crippen molar-refractivity contribution in [3.8, 4) is 34.1 Å². The summed E-state index contributed by atoms with van der Waals surface area (Å²) in [4.78, 5) is 22.7. The molecule has 6 heteroatoms. The van der Waals surface area contributed by atoms with Crippen LogP contribution < -0.4 is 9.47 Å². The molecule has 2 N–H and O–H groups in total. The van der Waals surface area contributed by atoms with E-state index >= 15 is 0 Å². The number of hydrogen-bond donors (Lipinski definition) is 2. The van der Waals surface area contributed by atoms with E-state index in [2.05, 4.69) is 0 Å². The van der Waals surface area contributed by atoms with Crippen LogP contribution in [-0.4, -0.2) is 22.2 Å². The number of carboxylic acids is 2. The lowest BCUT2D eigenvalue weighted by atomic mass is 10.1. The van der Waals surface area contributed by atoms with E-state index in [1.165, 1.54) is 12.1 Å². The first-order valence-electron chi connectivity index (χ1n) is 9.72. The molecule has 6 nitrogen and oxygen atoms in total. The van der Waals surface area contributed by atoms with E-state index in [0.717, 1.165) is 11.1 Å². The second-order valence-electron chi connectivity index (χ2n) is 6.86. The minimum absolute atomic E-state index is 0.0941. The summed E-state index contributed by atoms with van der Waals surface area (Å²) in [5.74, 6) is -0.511. The molecule has 32 heavy (non-hydrogen) atoms. The van der Waals surface area contributed by atoms with Gasteiger partial charge in [-0.15, -0.1) is 0 Å². The molecule has 0 fully saturated rings. The third-order valence-corrected chi connectivity index (χ3v) is 4.73. The molecule has 0 atom stereocenters. The van der Waals surface area contributed by atoms with Crippen LogP contribution in [0.2, 0.25) is 0 Å². The van der Waals surface area contributed by atoms with Gasteiger partial charge in [-0.3, -0.25) is 0 Å². The Morgan fingerprint density at radius 1 is 0.500 bits per heavy atom. The fraction of sp³-hybridized carbons (Fsp3) is 0. The molecule has 0 aliphatic carbocycles. The van der Waals surface area contributed by atoms with Crippen molar-refractivity contribution >= 4 is 11.9 Å². The zero-order valence-electron chi connectivity index (χ0n) is 16.8. The lowest BCUT2D eigenvalue weighted by Gasteiger charge is -2.11. The summed E-state index contributed by atoms with van der Waals surface area (Å²) in [6.07, 6.45) is 0. The van der Waals surface area contributed by atoms with Gasteiger partial charge in [0, 0.05) is 0 Å². The monoisotopic (exact) mass is 426 g/mol. The van der Waals surface area contributed by atoms with Crippen LogP contribution in [0.15, 0.2) is 97.1 Å². The fourth-order valence-corrected chi connectivity index (χ4v) is 3.15. The van der Waals surface area contributed by atoms with Gasteiger partial charge >= 0.3 is 11.9 Å². The number of hydrogen-bond acceptors (Lipinski definition) is 4. The molecule has 0 aliphatic heterocycles. The molecule has 158 valence electrons. The van der Waals surface area contributed by atoms with Crippen molar-refractivity contribution in [3.63, 3.8) is 0 Å². The maximum Gasteiger partial charge on any atom is 0.339 e. The number of carbonyl (C=O) groups is 2. The predicted molar refractivity (Wildman–Crippen MR) is 119 cm³/mol. The Morgan fingerprint density at radius 3 is 1.19 bits per heavy atom. The predicted octanol–water partition coefficient (Wildman–Crippen LogP) is 6.33. The molecule has 0 aromatic heterocycles. The first kappa shape index (κ1) is 20.7. The molecule has 4 aromatic rings. The second kappa shape index (κ2) is 9.06. The quantitative estimate of drug-likeness (QED) is 0.358. The van der Waals surface area contributed by atoms with E-state index in [9.17, 15) is 19.8 Å². The maximum atomic E-state index is 11.3. The number of rotatable bonds is 7. The molecule has 0 heterocycles. The van der Waals surface area contributed by atoms with Gasteiger partial charge in [-0.1, -0.05) is 48.5 Å². The highest BCUT2D eigenvalue weighted by Crippen LogP contribution is 2.30. The molecule has 0 unspecified atom stereocenters. The molecular weight excluding hydrogens is 408 g/mol. The Bertz CT molecular complexity index is 1160. The number of para-hydroxylation sites is 2. The van der Waals surface area contributed by atoms with Gasteiger partial charge in [-0.25, -0.2) is 9.59 Å². The van der Waals surface area contributed by atoms with Crippen molar-refractivity contribution in [3.05, 3.63) is 108 Å². The fourth-order valence-electron chi connectivity index (χ4n) is 3.15. The smallest absolute Gasteiger partial charge is 0.339 e. The molecule has 0 radical (unpaired) electrons. The Hall–Kier alpha value is -4.58. The number of aromatic carboxylic acids is 2. The summed E-state index contributed by atoms with van der Waals surface area (Å²) in [7, 11) is 0. The van der Waals surface area contributed by atoms with Crippen LogP contribution in [0.5, 0.6) is 23.0 Å². The second-order valence-corrected chi connectivity index (χ2v) is 6.86. The summed E-state index contributed by atoms with van der Waals surface area (Å²) >= 11 is 0. The highest BCUT2D eigenvalue weighted by molar-refractivity contribution is 5.91. The van der Waals surface area contributed by atoms with Crippen molar-refractivity contribution in [2.24, 2.45) is 0 Å². The van der Waals surface area contributed by atoms with Gasteiger partial charge in [-0.05, 0) is 59.7 Å². The molecule has 4 rings (SSSR count). The lowest BCUT2D eigenvalue weighted by Crippen LogP contribution is -1.99. The van der Waals surface area contributed by atoms with Crippen LogP contribution in [-0.2, 0) is 0 Å². The van der Waals surface area contributed by atoms with Crippen LogP contribution in [0, 0.1) is 0 Å². The van der Waals surface area contributed by atoms with Gasteiger partial charge in [0.25, 0.3) is 0 Å². The van der Waals surface area contributed by atoms with Crippen molar-refractivity contribution in [2.45, 2.75) is 0 Å². The molecule has 0 amide bonds. The minimum atomic E-state index is -1.05. The van der Waals surface area contributed by atoms with Crippen molar-refractivity contribution < 1.29 is 29.3 Å². The topological polar surface area (TPSA) is 93.1 Å². The summed E-state index contributed by atoms with van der Waals surface area (Å²) in [6.45, 7) is 0. The minimum Gasteiger partial charge on any atom is -0.478 e. The van der Waals surface area contributed by atoms with E-state index in [-0.39, 0.29) is 22.6 Å². The third-order valence-electron chi connectivity index (χ3n) is 4.73. The number of ether oxygens (including phenoxy) is 2. The Balaban J connectivity index is 1.48. The lowest BCUT2D eigenvalue weighted by molar-refractivity contribution is 0.0683. The van der Waals surface area contributed by atoms with Gasteiger partial charge in [-0.2, -0.15) is 0 Å². The number of carboxylic acid groups (broad SMARTS) is 2. The van der Waals surface area contributed by atoms with Gasteiger partial charge in [0.1, 0.15) is 34.1 Å². The molecule has 4 aromatic carbocycles. The highest BCUT2D eigenvalue weighted by Gasteiger charge is 2.12. The standard InChI is InChI=1S/C26H18O6/c27-25(28)21-5-1-3-7-23(21)31-19-13-9-17(10-14-19)18-11-15-20(16-12-18)32-24-8-4-2-6-22(24)26(29)30/h1-16H,(H,27,28)(H,29,30). The Labute approximate surface area is 183 Å². The van der Waals surface area contributed by atoms with E-state index < -0.39 is 11.9 Å². The molecule has 0 saturated heterocycles. The molecule has 0 bridgehead atoms. The third kappa shape index (κ3) is 4.60. The first-order valence-corrected chi connectivity index (χ1v) is 9.72. The summed E-state index contributed by atoms with van der Waals surface area (Å²) in [5, 5.41) is 18.5. The Morgan fingerprint density at radius 2 is 0.844 bits per heavy atom. The van der Waals surface area contributed by atoms with Crippen LogP contribution >= 0.6 is 0 Å². The van der Waals surface area contributed by atoms with Crippen molar-refractivity contribution in [2.75, 3.05) is 0 Å². The summed E-state index contributed by atoms with van der Waals surface area (Å²) in [6, 6.07) is 27.5. The SMILES string of the molecule is O=C(O)c1ccccc1Oc1ccc(-c2ccc(Oc3ccccc3C(=O)O)cc2)cc1. The maximum absolute atomic E-state index is 11.3. The first-order chi connectivity index (χ1) is 15.5. The summed E-state index contributed by atoms with van der Waals surface area (Å²) < 4.78 is 11.5. The van der Waals surface area contributed by atoms with Crippen LogP contribution in [0.25, 0.3) is 11.1 Å². The van der Waals surface area contributed by atoms with Crippen LogP contribution in [0.1, 0.15) is 20.7 Å². The van der Waals surface area contributed by atoms with Crippen molar-refractivity contribution in [1.82, 2.24) is 0 Å². The largest absolute Gasteiger partial charge is 0.478 e. The van der Waals surface area contributed by atoms with Gasteiger partial charge < -0.3 is 19.7 Å². The van der Waals surface area contributed by atoms with Gasteiger partial charge in [0.15, 0.2) is 0 Å². The number of benzene rings is 4. The van der Waals surface area contributed by atoms with E-state index in [0.29, 0.717) is 11.5 Å². The molecule has 0 spiro atoms.